The summed E-state index contributed by atoms with van der Waals surface area (Å²) in [5, 5.41) is 11.1. The molecule has 0 unspecified atom stereocenters. The van der Waals surface area contributed by atoms with Crippen LogP contribution < -0.4 is 5.32 Å². The van der Waals surface area contributed by atoms with Crippen molar-refractivity contribution < 1.29 is 0 Å². The molecule has 2 rings (SSSR count). The molecule has 3 nitrogen and oxygen atoms in total. The molecule has 0 aromatic carbocycles. The van der Waals surface area contributed by atoms with E-state index in [9.17, 15) is 0 Å². The first-order valence-corrected chi connectivity index (χ1v) is 5.09. The predicted molar refractivity (Wildman–Crippen MR) is 58.8 cm³/mol. The Kier molecular flexibility index (Phi) is 2.61. The van der Waals surface area contributed by atoms with Gasteiger partial charge in [0.15, 0.2) is 0 Å². The summed E-state index contributed by atoms with van der Waals surface area (Å²) < 4.78 is 0. The van der Waals surface area contributed by atoms with E-state index in [0.717, 1.165) is 18.5 Å². The first-order valence-electron chi connectivity index (χ1n) is 4.34. The van der Waals surface area contributed by atoms with Crippen molar-refractivity contribution in [3.8, 4) is 0 Å². The summed E-state index contributed by atoms with van der Waals surface area (Å²) in [4.78, 5) is 3.87. The molecule has 0 bridgehead atoms. The summed E-state index contributed by atoms with van der Waals surface area (Å²) in [5.41, 5.74) is 1.40. The van der Waals surface area contributed by atoms with Crippen LogP contribution in [0.2, 0.25) is 10.3 Å². The smallest absolute Gasteiger partial charge is 0.141 e. The van der Waals surface area contributed by atoms with Crippen molar-refractivity contribution in [2.24, 2.45) is 0 Å². The van der Waals surface area contributed by atoms with Gasteiger partial charge in [-0.15, -0.1) is 0 Å². The predicted octanol–water partition coefficient (Wildman–Crippen LogP) is 2.96. The third-order valence-electron chi connectivity index (χ3n) is 2.06. The quantitative estimate of drug-likeness (QED) is 0.619. The average molecular weight is 230 g/mol. The molecule has 1 fully saturated rings. The highest BCUT2D eigenvalue weighted by Crippen LogP contribution is 2.30. The zero-order chi connectivity index (χ0) is 10.1. The summed E-state index contributed by atoms with van der Waals surface area (Å²) >= 11 is 11.6. The highest BCUT2D eigenvalue weighted by atomic mass is 35.5. The van der Waals surface area contributed by atoms with Crippen molar-refractivity contribution >= 4 is 35.1 Å². The third-order valence-corrected chi connectivity index (χ3v) is 2.54. The first-order chi connectivity index (χ1) is 6.70. The van der Waals surface area contributed by atoms with Crippen LogP contribution >= 0.6 is 23.2 Å². The van der Waals surface area contributed by atoms with Crippen LogP contribution in [0.3, 0.4) is 0 Å². The number of hydrogen-bond acceptors (Lipinski definition) is 3. The molecule has 0 spiro atoms. The topological polar surface area (TPSA) is 48.8 Å². The summed E-state index contributed by atoms with van der Waals surface area (Å²) in [6.45, 7) is 0. The number of halogens is 2. The van der Waals surface area contributed by atoms with Gasteiger partial charge in [0, 0.05) is 17.9 Å². The molecule has 0 amide bonds. The fourth-order valence-corrected chi connectivity index (χ4v) is 1.68. The molecule has 74 valence electrons. The molecular formula is C9H9Cl2N3. The molecule has 0 saturated heterocycles. The number of hydrogen-bond donors (Lipinski definition) is 2. The zero-order valence-corrected chi connectivity index (χ0v) is 8.86. The van der Waals surface area contributed by atoms with Gasteiger partial charge in [-0.05, 0) is 18.9 Å². The number of nitrogens with zero attached hydrogens (tertiary/aromatic N) is 1. The maximum Gasteiger partial charge on any atom is 0.141 e. The zero-order valence-electron chi connectivity index (χ0n) is 7.35. The van der Waals surface area contributed by atoms with E-state index in [1.807, 2.05) is 0 Å². The number of rotatable bonds is 3. The van der Waals surface area contributed by atoms with E-state index in [4.69, 9.17) is 28.6 Å². The van der Waals surface area contributed by atoms with Gasteiger partial charge < -0.3 is 10.7 Å². The number of nitrogens with one attached hydrogen (secondary N) is 2. The molecule has 0 atom stereocenters. The lowest BCUT2D eigenvalue weighted by Gasteiger charge is -2.09. The van der Waals surface area contributed by atoms with Crippen LogP contribution in [0.5, 0.6) is 0 Å². The van der Waals surface area contributed by atoms with Gasteiger partial charge in [0.25, 0.3) is 0 Å². The highest BCUT2D eigenvalue weighted by molar-refractivity contribution is 6.34. The fraction of sp³-hybridized carbons (Fsp3) is 0.333. The Balaban J connectivity index is 2.37. The monoisotopic (exact) mass is 229 g/mol. The Morgan fingerprint density at radius 2 is 2.21 bits per heavy atom. The van der Waals surface area contributed by atoms with E-state index in [2.05, 4.69) is 10.3 Å². The van der Waals surface area contributed by atoms with Crippen LogP contribution in [0, 0.1) is 5.41 Å². The third kappa shape index (κ3) is 1.99. The SMILES string of the molecule is N=Cc1c(NC2CC2)cc(Cl)nc1Cl. The number of aromatic nitrogens is 1. The van der Waals surface area contributed by atoms with Crippen molar-refractivity contribution in [1.29, 1.82) is 5.41 Å². The number of pyridine rings is 1. The van der Waals surface area contributed by atoms with Crippen LogP contribution in [0.15, 0.2) is 6.07 Å². The lowest BCUT2D eigenvalue weighted by atomic mass is 10.2. The fourth-order valence-electron chi connectivity index (χ4n) is 1.20. The summed E-state index contributed by atoms with van der Waals surface area (Å²) in [6.07, 6.45) is 3.51. The van der Waals surface area contributed by atoms with Gasteiger partial charge in [0.05, 0.1) is 5.56 Å². The van der Waals surface area contributed by atoms with Crippen molar-refractivity contribution in [3.05, 3.63) is 21.9 Å². The van der Waals surface area contributed by atoms with Gasteiger partial charge in [-0.1, -0.05) is 23.2 Å². The van der Waals surface area contributed by atoms with Crippen molar-refractivity contribution in [1.82, 2.24) is 4.98 Å². The Morgan fingerprint density at radius 1 is 1.50 bits per heavy atom. The number of anilines is 1. The lowest BCUT2D eigenvalue weighted by molar-refractivity contribution is 1.14. The van der Waals surface area contributed by atoms with E-state index >= 15 is 0 Å². The van der Waals surface area contributed by atoms with E-state index in [-0.39, 0.29) is 5.15 Å². The van der Waals surface area contributed by atoms with E-state index in [0.29, 0.717) is 16.8 Å². The van der Waals surface area contributed by atoms with Crippen LogP contribution in [-0.2, 0) is 0 Å². The maximum absolute atomic E-state index is 7.23. The second-order valence-corrected chi connectivity index (χ2v) is 4.01. The first kappa shape index (κ1) is 9.74. The lowest BCUT2D eigenvalue weighted by Crippen LogP contribution is -2.05. The van der Waals surface area contributed by atoms with Gasteiger partial charge in [-0.3, -0.25) is 0 Å². The van der Waals surface area contributed by atoms with E-state index in [1.165, 1.54) is 6.21 Å². The molecule has 1 aliphatic carbocycles. The molecule has 5 heteroatoms. The summed E-state index contributed by atoms with van der Waals surface area (Å²) in [6, 6.07) is 2.20. The van der Waals surface area contributed by atoms with Gasteiger partial charge in [0.1, 0.15) is 10.3 Å². The van der Waals surface area contributed by atoms with Crippen molar-refractivity contribution in [3.63, 3.8) is 0 Å². The van der Waals surface area contributed by atoms with Crippen LogP contribution in [0.25, 0.3) is 0 Å². The molecule has 0 aliphatic heterocycles. The maximum atomic E-state index is 7.23. The van der Waals surface area contributed by atoms with Gasteiger partial charge in [0.2, 0.25) is 0 Å². The molecule has 1 saturated carbocycles. The molecule has 1 aromatic rings. The van der Waals surface area contributed by atoms with Gasteiger partial charge in [-0.25, -0.2) is 4.98 Å². The highest BCUT2D eigenvalue weighted by Gasteiger charge is 2.22. The minimum Gasteiger partial charge on any atom is -0.382 e. The minimum absolute atomic E-state index is 0.274. The van der Waals surface area contributed by atoms with Gasteiger partial charge >= 0.3 is 0 Å². The minimum atomic E-state index is 0.274. The Labute approximate surface area is 91.9 Å². The van der Waals surface area contributed by atoms with Crippen LogP contribution in [0.1, 0.15) is 18.4 Å². The average Bonchev–Trinajstić information content (AvgIpc) is 2.87. The largest absolute Gasteiger partial charge is 0.382 e. The van der Waals surface area contributed by atoms with E-state index < -0.39 is 0 Å². The Hall–Kier alpha value is -0.800. The Morgan fingerprint density at radius 3 is 2.79 bits per heavy atom. The second kappa shape index (κ2) is 3.75. The van der Waals surface area contributed by atoms with Gasteiger partial charge in [-0.2, -0.15) is 0 Å². The standard InChI is InChI=1S/C9H9Cl2N3/c10-8-3-7(13-5-1-2-5)6(4-12)9(11)14-8/h3-5,12H,1-2H2,(H,13,14). The molecular weight excluding hydrogens is 221 g/mol. The molecule has 14 heavy (non-hydrogen) atoms. The van der Waals surface area contributed by atoms with Crippen molar-refractivity contribution in [2.45, 2.75) is 18.9 Å². The second-order valence-electron chi connectivity index (χ2n) is 3.26. The van der Waals surface area contributed by atoms with Crippen LogP contribution in [-0.4, -0.2) is 17.2 Å². The van der Waals surface area contributed by atoms with Crippen molar-refractivity contribution in [2.75, 3.05) is 5.32 Å². The Bertz CT molecular complexity index is 375. The normalized spacial score (nSPS) is 15.3. The molecule has 1 aromatic heterocycles. The summed E-state index contributed by atoms with van der Waals surface area (Å²) in [7, 11) is 0. The molecule has 2 N–H and O–H groups in total. The van der Waals surface area contributed by atoms with Crippen LogP contribution in [0.4, 0.5) is 5.69 Å². The van der Waals surface area contributed by atoms with E-state index in [1.54, 1.807) is 6.07 Å². The molecule has 1 aliphatic rings. The molecule has 1 heterocycles. The molecule has 0 radical (unpaired) electrons. The summed E-state index contributed by atoms with van der Waals surface area (Å²) in [5.74, 6) is 0.